The summed E-state index contributed by atoms with van der Waals surface area (Å²) in [6.07, 6.45) is 7.12. The molecule has 2 rings (SSSR count). The minimum absolute atomic E-state index is 0.450. The Labute approximate surface area is 105 Å². The van der Waals surface area contributed by atoms with Gasteiger partial charge < -0.3 is 10.6 Å². The van der Waals surface area contributed by atoms with Gasteiger partial charge in [0.15, 0.2) is 5.96 Å². The number of guanidine groups is 1. The topological polar surface area (TPSA) is 36.4 Å². The molecule has 3 nitrogen and oxygen atoms in total. The van der Waals surface area contributed by atoms with Crippen LogP contribution in [0.3, 0.4) is 0 Å². The Kier molecular flexibility index (Phi) is 3.95. The van der Waals surface area contributed by atoms with Crippen LogP contribution in [0.2, 0.25) is 0 Å². The summed E-state index contributed by atoms with van der Waals surface area (Å²) in [4.78, 5) is 4.80. The molecule has 2 saturated carbocycles. The first-order chi connectivity index (χ1) is 8.16. The highest BCUT2D eigenvalue weighted by Crippen LogP contribution is 2.57. The van der Waals surface area contributed by atoms with Gasteiger partial charge in [-0.25, -0.2) is 0 Å². The fourth-order valence-electron chi connectivity index (χ4n) is 2.85. The zero-order chi connectivity index (χ0) is 12.3. The van der Waals surface area contributed by atoms with Crippen LogP contribution in [0.15, 0.2) is 4.99 Å². The molecule has 2 N–H and O–H groups in total. The standard InChI is InChI=1S/C14H27N3/c1-4-15-13(17-11(2)3)16-10-14(8-5-9-14)12-6-7-12/h11-12H,4-10H2,1-3H3,(H2,15,16,17). The Morgan fingerprint density at radius 1 is 1.35 bits per heavy atom. The van der Waals surface area contributed by atoms with E-state index in [-0.39, 0.29) is 0 Å². The third-order valence-electron chi connectivity index (χ3n) is 4.11. The molecule has 0 atom stereocenters. The summed E-state index contributed by atoms with van der Waals surface area (Å²) >= 11 is 0. The second-order valence-corrected chi connectivity index (χ2v) is 5.98. The van der Waals surface area contributed by atoms with E-state index in [1.165, 1.54) is 32.1 Å². The first kappa shape index (κ1) is 12.7. The van der Waals surface area contributed by atoms with Crippen LogP contribution in [0, 0.1) is 11.3 Å². The molecule has 0 saturated heterocycles. The number of hydrogen-bond acceptors (Lipinski definition) is 1. The van der Waals surface area contributed by atoms with Gasteiger partial charge in [0.05, 0.1) is 0 Å². The number of aliphatic imine (C=N–C) groups is 1. The summed E-state index contributed by atoms with van der Waals surface area (Å²) in [6, 6.07) is 0.450. The monoisotopic (exact) mass is 237 g/mol. The lowest BCUT2D eigenvalue weighted by molar-refractivity contribution is 0.113. The molecule has 0 bridgehead atoms. The quantitative estimate of drug-likeness (QED) is 0.569. The molecular formula is C14H27N3. The van der Waals surface area contributed by atoms with Crippen molar-refractivity contribution >= 4 is 5.96 Å². The zero-order valence-electron chi connectivity index (χ0n) is 11.6. The molecule has 0 aliphatic heterocycles. The maximum absolute atomic E-state index is 4.80. The summed E-state index contributed by atoms with van der Waals surface area (Å²) in [5.74, 6) is 1.98. The van der Waals surface area contributed by atoms with Gasteiger partial charge in [-0.05, 0) is 57.8 Å². The van der Waals surface area contributed by atoms with Crippen LogP contribution < -0.4 is 10.6 Å². The second-order valence-electron chi connectivity index (χ2n) is 5.98. The van der Waals surface area contributed by atoms with Gasteiger partial charge in [-0.15, -0.1) is 0 Å². The van der Waals surface area contributed by atoms with Crippen molar-refractivity contribution in [3.63, 3.8) is 0 Å². The van der Waals surface area contributed by atoms with E-state index < -0.39 is 0 Å². The van der Waals surface area contributed by atoms with Crippen molar-refractivity contribution in [2.45, 2.75) is 58.9 Å². The van der Waals surface area contributed by atoms with Gasteiger partial charge in [0, 0.05) is 19.1 Å². The fourth-order valence-corrected chi connectivity index (χ4v) is 2.85. The Balaban J connectivity index is 1.90. The van der Waals surface area contributed by atoms with Gasteiger partial charge in [-0.1, -0.05) is 6.42 Å². The summed E-state index contributed by atoms with van der Waals surface area (Å²) < 4.78 is 0. The number of rotatable bonds is 5. The van der Waals surface area contributed by atoms with Crippen LogP contribution in [0.4, 0.5) is 0 Å². The lowest BCUT2D eigenvalue weighted by Crippen LogP contribution is -2.43. The Bertz CT molecular complexity index is 275. The van der Waals surface area contributed by atoms with E-state index >= 15 is 0 Å². The van der Waals surface area contributed by atoms with Crippen molar-refractivity contribution in [3.8, 4) is 0 Å². The molecule has 0 radical (unpaired) electrons. The summed E-state index contributed by atoms with van der Waals surface area (Å²) in [7, 11) is 0. The van der Waals surface area contributed by atoms with Gasteiger partial charge >= 0.3 is 0 Å². The average molecular weight is 237 g/mol. The predicted octanol–water partition coefficient (Wildman–Crippen LogP) is 2.53. The van der Waals surface area contributed by atoms with Crippen LogP contribution in [0.5, 0.6) is 0 Å². The fraction of sp³-hybridized carbons (Fsp3) is 0.929. The lowest BCUT2D eigenvalue weighted by atomic mass is 9.65. The first-order valence-electron chi connectivity index (χ1n) is 7.21. The molecule has 0 spiro atoms. The highest BCUT2D eigenvalue weighted by molar-refractivity contribution is 5.80. The van der Waals surface area contributed by atoms with Crippen molar-refractivity contribution in [2.24, 2.45) is 16.3 Å². The van der Waals surface area contributed by atoms with Crippen LogP contribution in [0.1, 0.15) is 52.9 Å². The molecule has 0 aromatic rings. The van der Waals surface area contributed by atoms with E-state index in [2.05, 4.69) is 31.4 Å². The summed E-state index contributed by atoms with van der Waals surface area (Å²) in [5, 5.41) is 6.73. The van der Waals surface area contributed by atoms with Gasteiger partial charge in [-0.3, -0.25) is 4.99 Å². The number of nitrogens with zero attached hydrogens (tertiary/aromatic N) is 1. The van der Waals surface area contributed by atoms with Crippen molar-refractivity contribution in [2.75, 3.05) is 13.1 Å². The van der Waals surface area contributed by atoms with Crippen LogP contribution >= 0.6 is 0 Å². The molecule has 0 aromatic carbocycles. The van der Waals surface area contributed by atoms with Crippen LogP contribution in [-0.4, -0.2) is 25.1 Å². The van der Waals surface area contributed by atoms with Gasteiger partial charge in [0.2, 0.25) is 0 Å². The lowest BCUT2D eigenvalue weighted by Gasteiger charge is -2.41. The van der Waals surface area contributed by atoms with E-state index in [1.54, 1.807) is 0 Å². The summed E-state index contributed by atoms with van der Waals surface area (Å²) in [6.45, 7) is 8.41. The molecule has 2 aliphatic rings. The normalized spacial score (nSPS) is 23.4. The van der Waals surface area contributed by atoms with Crippen molar-refractivity contribution < 1.29 is 0 Å². The molecule has 0 amide bonds. The third kappa shape index (κ3) is 3.14. The van der Waals surface area contributed by atoms with Gasteiger partial charge in [-0.2, -0.15) is 0 Å². The number of nitrogens with one attached hydrogen (secondary N) is 2. The van der Waals surface area contributed by atoms with Gasteiger partial charge in [0.25, 0.3) is 0 Å². The van der Waals surface area contributed by atoms with Gasteiger partial charge in [0.1, 0.15) is 0 Å². The van der Waals surface area contributed by atoms with Crippen molar-refractivity contribution in [1.29, 1.82) is 0 Å². The highest BCUT2D eigenvalue weighted by atomic mass is 15.2. The minimum atomic E-state index is 0.450. The molecule has 17 heavy (non-hydrogen) atoms. The molecule has 0 unspecified atom stereocenters. The van der Waals surface area contributed by atoms with E-state index in [0.29, 0.717) is 11.5 Å². The minimum Gasteiger partial charge on any atom is -0.357 e. The maximum Gasteiger partial charge on any atom is 0.191 e. The Morgan fingerprint density at radius 3 is 2.47 bits per heavy atom. The van der Waals surface area contributed by atoms with E-state index in [1.807, 2.05) is 0 Å². The van der Waals surface area contributed by atoms with Crippen LogP contribution in [-0.2, 0) is 0 Å². The van der Waals surface area contributed by atoms with E-state index in [9.17, 15) is 0 Å². The Morgan fingerprint density at radius 2 is 2.06 bits per heavy atom. The maximum atomic E-state index is 4.80. The summed E-state index contributed by atoms with van der Waals surface area (Å²) in [5.41, 5.74) is 0.583. The average Bonchev–Trinajstić information content (AvgIpc) is 2.99. The van der Waals surface area contributed by atoms with Crippen molar-refractivity contribution in [3.05, 3.63) is 0 Å². The first-order valence-corrected chi connectivity index (χ1v) is 7.21. The smallest absolute Gasteiger partial charge is 0.191 e. The highest BCUT2D eigenvalue weighted by Gasteiger charge is 2.48. The molecule has 98 valence electrons. The predicted molar refractivity (Wildman–Crippen MR) is 73.3 cm³/mol. The zero-order valence-corrected chi connectivity index (χ0v) is 11.6. The largest absolute Gasteiger partial charge is 0.357 e. The molecule has 0 aromatic heterocycles. The Hall–Kier alpha value is -0.730. The molecule has 2 fully saturated rings. The second kappa shape index (κ2) is 5.28. The molecular weight excluding hydrogens is 210 g/mol. The third-order valence-corrected chi connectivity index (χ3v) is 4.11. The SMILES string of the molecule is CCNC(=NCC1(C2CC2)CCC1)NC(C)C. The molecule has 3 heteroatoms. The number of hydrogen-bond donors (Lipinski definition) is 2. The van der Waals surface area contributed by atoms with Crippen molar-refractivity contribution in [1.82, 2.24) is 10.6 Å². The molecule has 2 aliphatic carbocycles. The van der Waals surface area contributed by atoms with E-state index in [0.717, 1.165) is 25.0 Å². The van der Waals surface area contributed by atoms with Crippen LogP contribution in [0.25, 0.3) is 0 Å². The van der Waals surface area contributed by atoms with E-state index in [4.69, 9.17) is 4.99 Å². The molecule has 0 heterocycles.